The second-order valence-corrected chi connectivity index (χ2v) is 5.40. The quantitative estimate of drug-likeness (QED) is 0.903. The van der Waals surface area contributed by atoms with Gasteiger partial charge in [-0.1, -0.05) is 6.07 Å². The van der Waals surface area contributed by atoms with Crippen LogP contribution in [0.2, 0.25) is 0 Å². The number of ether oxygens (including phenoxy) is 1. The first-order valence-corrected chi connectivity index (χ1v) is 6.59. The fourth-order valence-corrected chi connectivity index (χ4v) is 3.04. The van der Waals surface area contributed by atoms with Crippen LogP contribution in [0.4, 0.5) is 0 Å². The molecule has 18 heavy (non-hydrogen) atoms. The Kier molecular flexibility index (Phi) is 3.68. The summed E-state index contributed by atoms with van der Waals surface area (Å²) >= 11 is 1.44. The van der Waals surface area contributed by atoms with Gasteiger partial charge in [0, 0.05) is 10.9 Å². The molecule has 0 spiro atoms. The van der Waals surface area contributed by atoms with E-state index in [1.807, 2.05) is 31.4 Å². The van der Waals surface area contributed by atoms with Gasteiger partial charge in [0.25, 0.3) is 0 Å². The Bertz CT molecular complexity index is 443. The Morgan fingerprint density at radius 3 is 2.83 bits per heavy atom. The molecule has 0 unspecified atom stereocenters. The monoisotopic (exact) mass is 269 g/mol. The van der Waals surface area contributed by atoms with Gasteiger partial charge in [0.1, 0.15) is 12.6 Å². The van der Waals surface area contributed by atoms with E-state index in [0.717, 1.165) is 4.88 Å². The van der Waals surface area contributed by atoms with Crippen molar-refractivity contribution in [3.8, 4) is 0 Å². The normalized spacial score (nSPS) is 24.6. The van der Waals surface area contributed by atoms with E-state index in [-0.39, 0.29) is 18.6 Å². The van der Waals surface area contributed by atoms with Crippen molar-refractivity contribution in [2.45, 2.75) is 32.0 Å². The molecule has 1 aromatic rings. The zero-order chi connectivity index (χ0) is 13.3. The lowest BCUT2D eigenvalue weighted by atomic mass is 10.0. The smallest absolute Gasteiger partial charge is 0.335 e. The van der Waals surface area contributed by atoms with Crippen LogP contribution in [0.15, 0.2) is 17.5 Å². The molecular formula is C12H15NO4S. The van der Waals surface area contributed by atoms with Crippen molar-refractivity contribution in [3.63, 3.8) is 0 Å². The molecule has 2 rings (SSSR count). The molecule has 98 valence electrons. The lowest BCUT2D eigenvalue weighted by Gasteiger charge is -2.41. The molecule has 0 radical (unpaired) electrons. The van der Waals surface area contributed by atoms with Gasteiger partial charge >= 0.3 is 5.97 Å². The predicted molar refractivity (Wildman–Crippen MR) is 66.4 cm³/mol. The van der Waals surface area contributed by atoms with Crippen LogP contribution in [-0.4, -0.2) is 40.6 Å². The van der Waals surface area contributed by atoms with Crippen molar-refractivity contribution in [1.29, 1.82) is 0 Å². The second-order valence-electron chi connectivity index (χ2n) is 4.42. The molecule has 0 saturated carbocycles. The van der Waals surface area contributed by atoms with Crippen LogP contribution in [0, 0.1) is 0 Å². The predicted octanol–water partition coefficient (Wildman–Crippen LogP) is 1.51. The molecule has 1 saturated heterocycles. The number of carboxylic acid groups (broad SMARTS) is 1. The highest BCUT2D eigenvalue weighted by molar-refractivity contribution is 7.10. The number of morpholine rings is 1. The maximum atomic E-state index is 11.9. The van der Waals surface area contributed by atoms with E-state index in [1.165, 1.54) is 11.3 Å². The van der Waals surface area contributed by atoms with Gasteiger partial charge in [-0.25, -0.2) is 4.79 Å². The van der Waals surface area contributed by atoms with Crippen molar-refractivity contribution in [1.82, 2.24) is 4.90 Å². The Hall–Kier alpha value is -1.40. The van der Waals surface area contributed by atoms with Crippen LogP contribution in [-0.2, 0) is 14.3 Å². The molecule has 0 bridgehead atoms. The SMILES string of the molecule is CC(C)N1C(=O)CO[C@H](C(=O)O)[C@H]1c1cccs1. The molecule has 1 aromatic heterocycles. The standard InChI is InChI=1S/C12H15NO4S/c1-7(2)13-9(14)6-17-11(12(15)16)10(13)8-4-3-5-18-8/h3-5,7,10-11H,6H2,1-2H3,(H,15,16)/t10-,11+/m1/s1. The topological polar surface area (TPSA) is 66.8 Å². The molecule has 1 amide bonds. The molecule has 2 heterocycles. The second kappa shape index (κ2) is 5.07. The highest BCUT2D eigenvalue weighted by atomic mass is 32.1. The minimum Gasteiger partial charge on any atom is -0.479 e. The summed E-state index contributed by atoms with van der Waals surface area (Å²) in [6.07, 6.45) is -0.997. The number of carboxylic acids is 1. The average molecular weight is 269 g/mol. The van der Waals surface area contributed by atoms with Gasteiger partial charge in [-0.15, -0.1) is 11.3 Å². The first-order valence-electron chi connectivity index (χ1n) is 5.71. The van der Waals surface area contributed by atoms with Crippen molar-refractivity contribution < 1.29 is 19.4 Å². The minimum atomic E-state index is -1.04. The maximum absolute atomic E-state index is 11.9. The average Bonchev–Trinajstić information content (AvgIpc) is 2.80. The maximum Gasteiger partial charge on any atom is 0.335 e. The molecule has 0 aromatic carbocycles. The summed E-state index contributed by atoms with van der Waals surface area (Å²) in [6.45, 7) is 3.59. The fraction of sp³-hybridized carbons (Fsp3) is 0.500. The van der Waals surface area contributed by atoms with E-state index in [4.69, 9.17) is 4.74 Å². The molecule has 1 N–H and O–H groups in total. The van der Waals surface area contributed by atoms with Crippen LogP contribution in [0.3, 0.4) is 0 Å². The summed E-state index contributed by atoms with van der Waals surface area (Å²) in [7, 11) is 0. The number of nitrogens with zero attached hydrogens (tertiary/aromatic N) is 1. The lowest BCUT2D eigenvalue weighted by Crippen LogP contribution is -2.54. The van der Waals surface area contributed by atoms with Gasteiger partial charge in [0.05, 0.1) is 0 Å². The molecule has 5 nitrogen and oxygen atoms in total. The zero-order valence-electron chi connectivity index (χ0n) is 10.2. The van der Waals surface area contributed by atoms with Gasteiger partial charge in [0.2, 0.25) is 5.91 Å². The van der Waals surface area contributed by atoms with Crippen LogP contribution in [0.5, 0.6) is 0 Å². The molecule has 1 aliphatic rings. The summed E-state index contributed by atoms with van der Waals surface area (Å²) in [5.41, 5.74) is 0. The van der Waals surface area contributed by atoms with Crippen LogP contribution >= 0.6 is 11.3 Å². The number of amides is 1. The summed E-state index contributed by atoms with van der Waals surface area (Å²) in [4.78, 5) is 25.6. The van der Waals surface area contributed by atoms with Crippen LogP contribution in [0.25, 0.3) is 0 Å². The van der Waals surface area contributed by atoms with E-state index in [0.29, 0.717) is 0 Å². The fourth-order valence-electron chi connectivity index (χ4n) is 2.19. The zero-order valence-corrected chi connectivity index (χ0v) is 11.0. The first kappa shape index (κ1) is 13.0. The Morgan fingerprint density at radius 1 is 1.61 bits per heavy atom. The number of carbonyl (C=O) groups excluding carboxylic acids is 1. The third-order valence-corrected chi connectivity index (χ3v) is 3.84. The number of rotatable bonds is 3. The van der Waals surface area contributed by atoms with E-state index in [1.54, 1.807) is 4.90 Å². The molecule has 1 aliphatic heterocycles. The molecule has 6 heteroatoms. The molecular weight excluding hydrogens is 254 g/mol. The lowest BCUT2D eigenvalue weighted by molar-refractivity contribution is -0.175. The van der Waals surface area contributed by atoms with E-state index in [2.05, 4.69) is 0 Å². The van der Waals surface area contributed by atoms with Crippen molar-refractivity contribution in [3.05, 3.63) is 22.4 Å². The van der Waals surface area contributed by atoms with E-state index in [9.17, 15) is 14.7 Å². The Balaban J connectivity index is 2.41. The summed E-state index contributed by atoms with van der Waals surface area (Å²) in [6, 6.07) is 3.08. The van der Waals surface area contributed by atoms with Crippen molar-refractivity contribution in [2.75, 3.05) is 6.61 Å². The van der Waals surface area contributed by atoms with E-state index >= 15 is 0 Å². The molecule has 0 aliphatic carbocycles. The number of aliphatic carboxylic acids is 1. The minimum absolute atomic E-state index is 0.0599. The van der Waals surface area contributed by atoms with Gasteiger partial charge in [-0.3, -0.25) is 4.79 Å². The van der Waals surface area contributed by atoms with Gasteiger partial charge in [-0.2, -0.15) is 0 Å². The summed E-state index contributed by atoms with van der Waals surface area (Å²) in [5, 5.41) is 11.1. The van der Waals surface area contributed by atoms with Gasteiger partial charge in [-0.05, 0) is 25.3 Å². The highest BCUT2D eigenvalue weighted by Crippen LogP contribution is 2.34. The Morgan fingerprint density at radius 2 is 2.33 bits per heavy atom. The Labute approximate surface area is 109 Å². The largest absolute Gasteiger partial charge is 0.479 e. The molecule has 2 atom stereocenters. The number of carbonyl (C=O) groups is 2. The third-order valence-electron chi connectivity index (χ3n) is 2.90. The van der Waals surface area contributed by atoms with Gasteiger partial charge < -0.3 is 14.7 Å². The summed E-state index contributed by atoms with van der Waals surface area (Å²) in [5.74, 6) is -1.20. The van der Waals surface area contributed by atoms with Crippen molar-refractivity contribution >= 4 is 23.2 Å². The van der Waals surface area contributed by atoms with Gasteiger partial charge in [0.15, 0.2) is 6.10 Å². The summed E-state index contributed by atoms with van der Waals surface area (Å²) < 4.78 is 5.18. The third kappa shape index (κ3) is 2.26. The first-order chi connectivity index (χ1) is 8.52. The van der Waals surface area contributed by atoms with Crippen LogP contribution < -0.4 is 0 Å². The van der Waals surface area contributed by atoms with Crippen molar-refractivity contribution in [2.24, 2.45) is 0 Å². The highest BCUT2D eigenvalue weighted by Gasteiger charge is 2.43. The number of hydrogen-bond donors (Lipinski definition) is 1. The van der Waals surface area contributed by atoms with Crippen LogP contribution in [0.1, 0.15) is 24.8 Å². The number of hydrogen-bond acceptors (Lipinski definition) is 4. The number of thiophene rings is 1. The van der Waals surface area contributed by atoms with E-state index < -0.39 is 18.1 Å². The molecule has 1 fully saturated rings.